The molecule has 1 amide bonds. The monoisotopic (exact) mass is 208 g/mol. The van der Waals surface area contributed by atoms with Gasteiger partial charge in [0.1, 0.15) is 5.82 Å². The van der Waals surface area contributed by atoms with Crippen LogP contribution in [0.3, 0.4) is 0 Å². The molecule has 0 saturated heterocycles. The normalized spacial score (nSPS) is 11.1. The van der Waals surface area contributed by atoms with Gasteiger partial charge in [-0.15, -0.1) is 0 Å². The van der Waals surface area contributed by atoms with E-state index in [1.54, 1.807) is 6.07 Å². The molecule has 0 aliphatic heterocycles. The molecule has 5 heteroatoms. The fourth-order valence-corrected chi connectivity index (χ4v) is 1.13. The molecule has 0 aromatic carbocycles. The third-order valence-corrected chi connectivity index (χ3v) is 1.70. The van der Waals surface area contributed by atoms with E-state index in [0.29, 0.717) is 11.5 Å². The first kappa shape index (κ1) is 11.3. The van der Waals surface area contributed by atoms with Gasteiger partial charge in [0.2, 0.25) is 0 Å². The van der Waals surface area contributed by atoms with Crippen molar-refractivity contribution in [2.75, 3.05) is 11.1 Å². The molecule has 1 rings (SSSR count). The van der Waals surface area contributed by atoms with Crippen molar-refractivity contribution in [2.24, 2.45) is 5.73 Å². The van der Waals surface area contributed by atoms with Crippen LogP contribution < -0.4 is 16.8 Å². The Kier molecular flexibility index (Phi) is 2.83. The maximum atomic E-state index is 11.0. The quantitative estimate of drug-likeness (QED) is 0.675. The highest BCUT2D eigenvalue weighted by atomic mass is 16.1. The highest BCUT2D eigenvalue weighted by Crippen LogP contribution is 2.17. The number of carbonyl (C=O) groups excluding carboxylic acids is 1. The Balaban J connectivity index is 3.03. The number of primary amides is 1. The zero-order chi connectivity index (χ0) is 11.6. The van der Waals surface area contributed by atoms with E-state index in [-0.39, 0.29) is 11.1 Å². The molecule has 0 atom stereocenters. The predicted molar refractivity (Wildman–Crippen MR) is 60.5 cm³/mol. The fraction of sp³-hybridized carbons (Fsp3) is 0.400. The van der Waals surface area contributed by atoms with Crippen LogP contribution in [-0.4, -0.2) is 16.4 Å². The van der Waals surface area contributed by atoms with Crippen LogP contribution in [0.5, 0.6) is 0 Å². The molecular weight excluding hydrogens is 192 g/mol. The summed E-state index contributed by atoms with van der Waals surface area (Å²) in [7, 11) is 0. The maximum absolute atomic E-state index is 11.0. The minimum Gasteiger partial charge on any atom is -0.397 e. The van der Waals surface area contributed by atoms with Crippen molar-refractivity contribution < 1.29 is 4.79 Å². The van der Waals surface area contributed by atoms with Gasteiger partial charge in [0, 0.05) is 5.54 Å². The summed E-state index contributed by atoms with van der Waals surface area (Å²) in [5, 5.41) is 3.13. The van der Waals surface area contributed by atoms with Crippen LogP contribution in [0.25, 0.3) is 0 Å². The average molecular weight is 208 g/mol. The summed E-state index contributed by atoms with van der Waals surface area (Å²) >= 11 is 0. The zero-order valence-electron chi connectivity index (χ0n) is 9.16. The topological polar surface area (TPSA) is 94.0 Å². The number of hydrogen-bond acceptors (Lipinski definition) is 4. The number of rotatable bonds is 2. The Morgan fingerprint density at radius 3 is 2.53 bits per heavy atom. The minimum absolute atomic E-state index is 0.127. The second kappa shape index (κ2) is 3.76. The summed E-state index contributed by atoms with van der Waals surface area (Å²) in [4.78, 5) is 15.1. The highest BCUT2D eigenvalue weighted by molar-refractivity contribution is 5.98. The lowest BCUT2D eigenvalue weighted by Crippen LogP contribution is -2.27. The average Bonchev–Trinajstić information content (AvgIpc) is 2.05. The smallest absolute Gasteiger partial charge is 0.250 e. The zero-order valence-corrected chi connectivity index (χ0v) is 9.16. The summed E-state index contributed by atoms with van der Waals surface area (Å²) in [5.41, 5.74) is 11.2. The Hall–Kier alpha value is -1.78. The second-order valence-electron chi connectivity index (χ2n) is 4.40. The number of nitrogens with zero attached hydrogens (tertiary/aromatic N) is 1. The van der Waals surface area contributed by atoms with Crippen molar-refractivity contribution in [1.29, 1.82) is 0 Å². The van der Waals surface area contributed by atoms with Gasteiger partial charge in [0.15, 0.2) is 0 Å². The molecule has 5 N–H and O–H groups in total. The summed E-state index contributed by atoms with van der Waals surface area (Å²) in [6, 6.07) is 1.56. The van der Waals surface area contributed by atoms with Crippen LogP contribution >= 0.6 is 0 Å². The molecule has 15 heavy (non-hydrogen) atoms. The lowest BCUT2D eigenvalue weighted by Gasteiger charge is -2.21. The fourth-order valence-electron chi connectivity index (χ4n) is 1.13. The van der Waals surface area contributed by atoms with Crippen LogP contribution in [0, 0.1) is 0 Å². The molecular formula is C10H16N4O. The second-order valence-corrected chi connectivity index (χ2v) is 4.40. The van der Waals surface area contributed by atoms with E-state index < -0.39 is 5.91 Å². The predicted octanol–water partition coefficient (Wildman–Crippen LogP) is 0.973. The number of nitrogen functional groups attached to an aromatic ring is 1. The third-order valence-electron chi connectivity index (χ3n) is 1.70. The molecule has 0 unspecified atom stereocenters. The van der Waals surface area contributed by atoms with Gasteiger partial charge in [-0.25, -0.2) is 4.98 Å². The SMILES string of the molecule is CC(C)(C)Nc1cc(C(N)=O)c(N)cn1. The molecule has 0 aliphatic carbocycles. The van der Waals surface area contributed by atoms with E-state index in [9.17, 15) is 4.79 Å². The van der Waals surface area contributed by atoms with E-state index in [1.807, 2.05) is 20.8 Å². The number of nitrogens with one attached hydrogen (secondary N) is 1. The first-order chi connectivity index (χ1) is 6.79. The molecule has 0 aliphatic rings. The van der Waals surface area contributed by atoms with Crippen molar-refractivity contribution in [3.05, 3.63) is 17.8 Å². The van der Waals surface area contributed by atoms with E-state index in [2.05, 4.69) is 10.3 Å². The molecule has 0 spiro atoms. The van der Waals surface area contributed by atoms with Crippen molar-refractivity contribution in [1.82, 2.24) is 4.98 Å². The molecule has 0 saturated carbocycles. The van der Waals surface area contributed by atoms with Crippen molar-refractivity contribution in [3.8, 4) is 0 Å². The van der Waals surface area contributed by atoms with Gasteiger partial charge in [-0.3, -0.25) is 4.79 Å². The Morgan fingerprint density at radius 1 is 1.47 bits per heavy atom. The molecule has 0 fully saturated rings. The van der Waals surface area contributed by atoms with Crippen LogP contribution in [-0.2, 0) is 0 Å². The number of nitrogens with two attached hydrogens (primary N) is 2. The van der Waals surface area contributed by atoms with Crippen LogP contribution in [0.4, 0.5) is 11.5 Å². The lowest BCUT2D eigenvalue weighted by molar-refractivity contribution is 0.100. The molecule has 5 nitrogen and oxygen atoms in total. The van der Waals surface area contributed by atoms with Crippen molar-refractivity contribution in [2.45, 2.75) is 26.3 Å². The summed E-state index contributed by atoms with van der Waals surface area (Å²) in [6.07, 6.45) is 1.42. The van der Waals surface area contributed by atoms with E-state index in [0.717, 1.165) is 0 Å². The van der Waals surface area contributed by atoms with Crippen LogP contribution in [0.1, 0.15) is 31.1 Å². The molecule has 1 heterocycles. The van der Waals surface area contributed by atoms with Gasteiger partial charge in [0.05, 0.1) is 17.4 Å². The van der Waals surface area contributed by atoms with Gasteiger partial charge < -0.3 is 16.8 Å². The molecule has 0 bridgehead atoms. The van der Waals surface area contributed by atoms with Crippen LogP contribution in [0.2, 0.25) is 0 Å². The third kappa shape index (κ3) is 3.12. The first-order valence-corrected chi connectivity index (χ1v) is 4.63. The largest absolute Gasteiger partial charge is 0.397 e. The van der Waals surface area contributed by atoms with Crippen LogP contribution in [0.15, 0.2) is 12.3 Å². The van der Waals surface area contributed by atoms with Gasteiger partial charge in [0.25, 0.3) is 5.91 Å². The molecule has 1 aromatic heterocycles. The Labute approximate surface area is 88.9 Å². The Bertz CT molecular complexity index is 381. The molecule has 1 aromatic rings. The number of hydrogen-bond donors (Lipinski definition) is 3. The summed E-state index contributed by atoms with van der Waals surface area (Å²) in [6.45, 7) is 5.99. The van der Waals surface area contributed by atoms with Crippen molar-refractivity contribution >= 4 is 17.4 Å². The summed E-state index contributed by atoms with van der Waals surface area (Å²) < 4.78 is 0. The molecule has 82 valence electrons. The number of pyridine rings is 1. The first-order valence-electron chi connectivity index (χ1n) is 4.63. The van der Waals surface area contributed by atoms with Gasteiger partial charge in [-0.2, -0.15) is 0 Å². The number of anilines is 2. The number of carbonyl (C=O) groups is 1. The van der Waals surface area contributed by atoms with E-state index >= 15 is 0 Å². The van der Waals surface area contributed by atoms with Gasteiger partial charge in [-0.05, 0) is 26.8 Å². The van der Waals surface area contributed by atoms with Crippen molar-refractivity contribution in [3.63, 3.8) is 0 Å². The number of aromatic nitrogens is 1. The summed E-state index contributed by atoms with van der Waals surface area (Å²) in [5.74, 6) is 0.0392. The van der Waals surface area contributed by atoms with Gasteiger partial charge >= 0.3 is 0 Å². The lowest BCUT2D eigenvalue weighted by atomic mass is 10.1. The maximum Gasteiger partial charge on any atom is 0.250 e. The minimum atomic E-state index is -0.549. The van der Waals surface area contributed by atoms with E-state index in [4.69, 9.17) is 11.5 Å². The standard InChI is InChI=1S/C10H16N4O/c1-10(2,3)14-8-4-6(9(12)15)7(11)5-13-8/h4-5H,11H2,1-3H3,(H2,12,15)(H,13,14). The molecule has 0 radical (unpaired) electrons. The van der Waals surface area contributed by atoms with E-state index in [1.165, 1.54) is 6.20 Å². The highest BCUT2D eigenvalue weighted by Gasteiger charge is 2.13. The Morgan fingerprint density at radius 2 is 2.07 bits per heavy atom. The number of amides is 1. The van der Waals surface area contributed by atoms with Gasteiger partial charge in [-0.1, -0.05) is 0 Å².